The van der Waals surface area contributed by atoms with Crippen LogP contribution < -0.4 is 0 Å². The lowest BCUT2D eigenvalue weighted by Gasteiger charge is -2.19. The van der Waals surface area contributed by atoms with Crippen LogP contribution in [0.25, 0.3) is 10.9 Å². The molecule has 2 aromatic rings. The minimum absolute atomic E-state index is 0.335. The molecule has 1 heterocycles. The Hall–Kier alpha value is -2.33. The van der Waals surface area contributed by atoms with Crippen molar-refractivity contribution in [1.82, 2.24) is 4.57 Å². The SMILES string of the molecule is C=C[C@H](OCC/C=C\CC)n1c(C(=O)OCC)cc2ccccc21. The van der Waals surface area contributed by atoms with Gasteiger partial charge in [-0.25, -0.2) is 4.79 Å². The Balaban J connectivity index is 2.32. The normalized spacial score (nSPS) is 12.6. The van der Waals surface area contributed by atoms with Gasteiger partial charge in [-0.1, -0.05) is 43.9 Å². The van der Waals surface area contributed by atoms with E-state index >= 15 is 0 Å². The van der Waals surface area contributed by atoms with Crippen molar-refractivity contribution < 1.29 is 14.3 Å². The number of carbonyl (C=O) groups excluding carboxylic acids is 1. The largest absolute Gasteiger partial charge is 0.461 e. The quantitative estimate of drug-likeness (QED) is 0.374. The van der Waals surface area contributed by atoms with Gasteiger partial charge < -0.3 is 14.0 Å². The first kappa shape index (κ1) is 18.0. The second-order valence-electron chi connectivity index (χ2n) is 5.34. The number of nitrogens with zero attached hydrogens (tertiary/aromatic N) is 1. The molecular formula is C20H25NO3. The minimum atomic E-state index is -0.417. The second-order valence-corrected chi connectivity index (χ2v) is 5.34. The first-order valence-corrected chi connectivity index (χ1v) is 8.39. The molecule has 4 heteroatoms. The zero-order valence-corrected chi connectivity index (χ0v) is 14.4. The molecule has 0 aliphatic heterocycles. The predicted molar refractivity (Wildman–Crippen MR) is 97.1 cm³/mol. The standard InChI is InChI=1S/C20H25NO3/c1-4-7-8-11-14-24-19(5-2)21-17-13-10-9-12-16(17)15-18(21)20(22)23-6-3/h5,7-10,12-13,15,19H,2,4,6,11,14H2,1,3H3/b8-7-/t19-/m0/s1. The van der Waals surface area contributed by atoms with E-state index in [9.17, 15) is 4.79 Å². The highest BCUT2D eigenvalue weighted by molar-refractivity contribution is 5.95. The molecule has 0 radical (unpaired) electrons. The highest BCUT2D eigenvalue weighted by Crippen LogP contribution is 2.26. The molecule has 0 spiro atoms. The third-order valence-electron chi connectivity index (χ3n) is 3.66. The lowest BCUT2D eigenvalue weighted by molar-refractivity contribution is 0.0336. The van der Waals surface area contributed by atoms with Crippen LogP contribution >= 0.6 is 0 Å². The van der Waals surface area contributed by atoms with Crippen LogP contribution in [0, 0.1) is 0 Å². The van der Waals surface area contributed by atoms with Gasteiger partial charge in [-0.3, -0.25) is 0 Å². The molecule has 1 aromatic heterocycles. The Morgan fingerprint density at radius 3 is 2.79 bits per heavy atom. The van der Waals surface area contributed by atoms with Crippen molar-refractivity contribution in [2.24, 2.45) is 0 Å². The zero-order chi connectivity index (χ0) is 17.4. The van der Waals surface area contributed by atoms with Crippen molar-refractivity contribution in [1.29, 1.82) is 0 Å². The number of carbonyl (C=O) groups is 1. The van der Waals surface area contributed by atoms with Gasteiger partial charge in [0.05, 0.1) is 18.7 Å². The van der Waals surface area contributed by atoms with E-state index in [0.717, 1.165) is 23.7 Å². The van der Waals surface area contributed by atoms with Crippen LogP contribution in [0.3, 0.4) is 0 Å². The number of para-hydroxylation sites is 1. The number of fused-ring (bicyclic) bond motifs is 1. The highest BCUT2D eigenvalue weighted by Gasteiger charge is 2.21. The van der Waals surface area contributed by atoms with Gasteiger partial charge in [0.2, 0.25) is 0 Å². The molecule has 1 aromatic carbocycles. The van der Waals surface area contributed by atoms with Crippen LogP contribution in [-0.4, -0.2) is 23.8 Å². The van der Waals surface area contributed by atoms with Crippen LogP contribution in [0.4, 0.5) is 0 Å². The average molecular weight is 327 g/mol. The van der Waals surface area contributed by atoms with E-state index in [-0.39, 0.29) is 5.97 Å². The molecule has 24 heavy (non-hydrogen) atoms. The second kappa shape index (κ2) is 9.08. The lowest BCUT2D eigenvalue weighted by Crippen LogP contribution is -2.18. The molecule has 0 saturated carbocycles. The molecular weight excluding hydrogens is 302 g/mol. The number of hydrogen-bond acceptors (Lipinski definition) is 3. The van der Waals surface area contributed by atoms with E-state index in [2.05, 4.69) is 25.7 Å². The molecule has 0 aliphatic carbocycles. The van der Waals surface area contributed by atoms with Gasteiger partial charge in [0, 0.05) is 5.39 Å². The van der Waals surface area contributed by atoms with Gasteiger partial charge in [0.1, 0.15) is 5.69 Å². The fourth-order valence-electron chi connectivity index (χ4n) is 2.60. The molecule has 0 fully saturated rings. The Morgan fingerprint density at radius 2 is 2.08 bits per heavy atom. The molecule has 2 rings (SSSR count). The predicted octanol–water partition coefficient (Wildman–Crippen LogP) is 4.88. The van der Waals surface area contributed by atoms with E-state index in [1.165, 1.54) is 0 Å². The van der Waals surface area contributed by atoms with E-state index in [0.29, 0.717) is 18.9 Å². The topological polar surface area (TPSA) is 40.5 Å². The number of esters is 1. The van der Waals surface area contributed by atoms with Gasteiger partial charge in [-0.15, -0.1) is 0 Å². The monoisotopic (exact) mass is 327 g/mol. The summed E-state index contributed by atoms with van der Waals surface area (Å²) in [4.78, 5) is 12.3. The summed E-state index contributed by atoms with van der Waals surface area (Å²) < 4.78 is 13.0. The van der Waals surface area contributed by atoms with Crippen molar-refractivity contribution in [2.45, 2.75) is 32.9 Å². The summed E-state index contributed by atoms with van der Waals surface area (Å²) in [6.07, 6.45) is 7.34. The molecule has 0 N–H and O–H groups in total. The number of ether oxygens (including phenoxy) is 2. The molecule has 0 unspecified atom stereocenters. The van der Waals surface area contributed by atoms with Crippen molar-refractivity contribution in [3.8, 4) is 0 Å². The Kier molecular flexibility index (Phi) is 6.82. The number of hydrogen-bond donors (Lipinski definition) is 0. The van der Waals surface area contributed by atoms with Crippen LogP contribution in [0.1, 0.15) is 43.4 Å². The number of allylic oxidation sites excluding steroid dienone is 1. The molecule has 0 aliphatic rings. The summed E-state index contributed by atoms with van der Waals surface area (Å²) in [5.74, 6) is -0.352. The van der Waals surface area contributed by atoms with Crippen molar-refractivity contribution in [3.05, 3.63) is 60.8 Å². The summed E-state index contributed by atoms with van der Waals surface area (Å²) >= 11 is 0. The van der Waals surface area contributed by atoms with Crippen molar-refractivity contribution in [3.63, 3.8) is 0 Å². The van der Waals surface area contributed by atoms with Crippen molar-refractivity contribution in [2.75, 3.05) is 13.2 Å². The van der Waals surface area contributed by atoms with Gasteiger partial charge in [0.25, 0.3) is 0 Å². The summed E-state index contributed by atoms with van der Waals surface area (Å²) in [6.45, 7) is 8.66. The van der Waals surface area contributed by atoms with Crippen LogP contribution in [0.15, 0.2) is 55.1 Å². The smallest absolute Gasteiger partial charge is 0.355 e. The Labute approximate surface area is 143 Å². The summed E-state index contributed by atoms with van der Waals surface area (Å²) in [7, 11) is 0. The number of benzene rings is 1. The van der Waals surface area contributed by atoms with Crippen LogP contribution in [-0.2, 0) is 9.47 Å². The molecule has 0 saturated heterocycles. The molecule has 0 amide bonds. The van der Waals surface area contributed by atoms with Gasteiger partial charge in [0.15, 0.2) is 6.23 Å². The Morgan fingerprint density at radius 1 is 1.29 bits per heavy atom. The molecule has 4 nitrogen and oxygen atoms in total. The fourth-order valence-corrected chi connectivity index (χ4v) is 2.60. The Bertz CT molecular complexity index is 715. The van der Waals surface area contributed by atoms with E-state index < -0.39 is 6.23 Å². The minimum Gasteiger partial charge on any atom is -0.461 e. The highest BCUT2D eigenvalue weighted by atomic mass is 16.5. The van der Waals surface area contributed by atoms with E-state index in [4.69, 9.17) is 9.47 Å². The van der Waals surface area contributed by atoms with Gasteiger partial charge >= 0.3 is 5.97 Å². The molecule has 128 valence electrons. The number of rotatable bonds is 9. The van der Waals surface area contributed by atoms with Gasteiger partial charge in [-0.2, -0.15) is 0 Å². The summed E-state index contributed by atoms with van der Waals surface area (Å²) in [5.41, 5.74) is 1.40. The third-order valence-corrected chi connectivity index (χ3v) is 3.66. The number of aromatic nitrogens is 1. The zero-order valence-electron chi connectivity index (χ0n) is 14.4. The lowest BCUT2D eigenvalue weighted by atomic mass is 10.2. The van der Waals surface area contributed by atoms with Gasteiger partial charge in [-0.05, 0) is 38.0 Å². The van der Waals surface area contributed by atoms with E-state index in [1.54, 1.807) is 13.0 Å². The first-order valence-electron chi connectivity index (χ1n) is 8.39. The van der Waals surface area contributed by atoms with Crippen molar-refractivity contribution >= 4 is 16.9 Å². The molecule has 0 bridgehead atoms. The summed E-state index contributed by atoms with van der Waals surface area (Å²) in [5, 5.41) is 0.974. The third kappa shape index (κ3) is 4.15. The maximum absolute atomic E-state index is 12.3. The summed E-state index contributed by atoms with van der Waals surface area (Å²) in [6, 6.07) is 9.66. The maximum atomic E-state index is 12.3. The fraction of sp³-hybridized carbons (Fsp3) is 0.350. The average Bonchev–Trinajstić information content (AvgIpc) is 2.98. The first-order chi connectivity index (χ1) is 11.7. The van der Waals surface area contributed by atoms with Crippen LogP contribution in [0.5, 0.6) is 0 Å². The molecule has 1 atom stereocenters. The van der Waals surface area contributed by atoms with E-state index in [1.807, 2.05) is 34.9 Å². The maximum Gasteiger partial charge on any atom is 0.355 e. The van der Waals surface area contributed by atoms with Crippen LogP contribution in [0.2, 0.25) is 0 Å².